The van der Waals surface area contributed by atoms with Gasteiger partial charge in [0.1, 0.15) is 17.3 Å². The zero-order valence-corrected chi connectivity index (χ0v) is 19.1. The van der Waals surface area contributed by atoms with Crippen LogP contribution in [0.15, 0.2) is 41.4 Å². The Morgan fingerprint density at radius 2 is 1.66 bits per heavy atom. The normalized spacial score (nSPS) is 18.8. The average molecular weight is 433 g/mol. The lowest BCUT2D eigenvalue weighted by Gasteiger charge is -2.37. The summed E-state index contributed by atoms with van der Waals surface area (Å²) in [7, 11) is 0. The number of amides is 2. The summed E-state index contributed by atoms with van der Waals surface area (Å²) in [6.45, 7) is 7.05. The molecule has 3 aliphatic rings. The largest absolute Gasteiger partial charge is 0.454 e. The molecule has 0 bridgehead atoms. The van der Waals surface area contributed by atoms with Gasteiger partial charge in [-0.3, -0.25) is 0 Å². The molecule has 2 heterocycles. The van der Waals surface area contributed by atoms with Gasteiger partial charge in [-0.1, -0.05) is 37.0 Å². The maximum Gasteiger partial charge on any atom is 0.317 e. The monoisotopic (exact) mass is 432 g/mol. The number of nitrogens with one attached hydrogen (secondary N) is 1. The number of carbonyl (C=O) groups excluding carboxylic acids is 1. The molecule has 2 amide bonds. The predicted octanol–water partition coefficient (Wildman–Crippen LogP) is 5.15. The molecule has 0 atom stereocenters. The van der Waals surface area contributed by atoms with Gasteiger partial charge in [0.05, 0.1) is 5.56 Å². The van der Waals surface area contributed by atoms with Crippen LogP contribution in [0, 0.1) is 13.8 Å². The van der Waals surface area contributed by atoms with Gasteiger partial charge in [0.25, 0.3) is 0 Å². The van der Waals surface area contributed by atoms with Crippen molar-refractivity contribution < 1.29 is 9.53 Å². The van der Waals surface area contributed by atoms with Crippen molar-refractivity contribution >= 4 is 17.6 Å². The van der Waals surface area contributed by atoms with Crippen LogP contribution in [0.3, 0.4) is 0 Å². The first-order chi connectivity index (χ1) is 15.6. The van der Waals surface area contributed by atoms with Crippen LogP contribution in [-0.4, -0.2) is 53.9 Å². The third-order valence-electron chi connectivity index (χ3n) is 6.74. The van der Waals surface area contributed by atoms with Gasteiger partial charge in [-0.25, -0.2) is 9.79 Å². The van der Waals surface area contributed by atoms with Gasteiger partial charge in [-0.2, -0.15) is 0 Å². The minimum Gasteiger partial charge on any atom is -0.454 e. The highest BCUT2D eigenvalue weighted by Gasteiger charge is 2.28. The zero-order valence-electron chi connectivity index (χ0n) is 19.1. The summed E-state index contributed by atoms with van der Waals surface area (Å²) in [6.07, 6.45) is 5.95. The lowest BCUT2D eigenvalue weighted by Crippen LogP contribution is -2.54. The molecule has 1 saturated heterocycles. The molecule has 2 fully saturated rings. The summed E-state index contributed by atoms with van der Waals surface area (Å²) in [5, 5.41) is 3.25. The van der Waals surface area contributed by atoms with Gasteiger partial charge in [-0.15, -0.1) is 0 Å². The Bertz CT molecular complexity index is 1030. The molecule has 6 nitrogen and oxygen atoms in total. The van der Waals surface area contributed by atoms with Crippen molar-refractivity contribution in [1.82, 2.24) is 15.1 Å². The van der Waals surface area contributed by atoms with Crippen molar-refractivity contribution in [3.63, 3.8) is 0 Å². The van der Waals surface area contributed by atoms with E-state index in [1.165, 1.54) is 24.8 Å². The molecular weight excluding hydrogens is 400 g/mol. The molecule has 2 aliphatic heterocycles. The summed E-state index contributed by atoms with van der Waals surface area (Å²) in [6, 6.07) is 12.8. The van der Waals surface area contributed by atoms with E-state index in [4.69, 9.17) is 9.73 Å². The van der Waals surface area contributed by atoms with Crippen LogP contribution in [0.1, 0.15) is 48.8 Å². The number of amidine groups is 1. The Balaban J connectivity index is 1.35. The molecule has 1 aliphatic carbocycles. The van der Waals surface area contributed by atoms with Crippen LogP contribution in [0.4, 0.5) is 10.5 Å². The number of hydrogen-bond acceptors (Lipinski definition) is 4. The van der Waals surface area contributed by atoms with Crippen molar-refractivity contribution in [2.24, 2.45) is 4.99 Å². The fraction of sp³-hybridized carbons (Fsp3) is 0.462. The van der Waals surface area contributed by atoms with E-state index in [-0.39, 0.29) is 6.03 Å². The van der Waals surface area contributed by atoms with Crippen molar-refractivity contribution in [3.8, 4) is 11.5 Å². The molecule has 0 unspecified atom stereocenters. The summed E-state index contributed by atoms with van der Waals surface area (Å²) in [4.78, 5) is 22.1. The van der Waals surface area contributed by atoms with Crippen molar-refractivity contribution in [2.75, 3.05) is 26.2 Å². The molecule has 6 heteroatoms. The highest BCUT2D eigenvalue weighted by Crippen LogP contribution is 2.39. The number of nitrogens with zero attached hydrogens (tertiary/aromatic N) is 3. The first-order valence-corrected chi connectivity index (χ1v) is 11.9. The van der Waals surface area contributed by atoms with E-state index in [2.05, 4.69) is 42.3 Å². The minimum atomic E-state index is 0.0831. The summed E-state index contributed by atoms with van der Waals surface area (Å²) in [5.41, 5.74) is 4.18. The topological polar surface area (TPSA) is 57.2 Å². The smallest absolute Gasteiger partial charge is 0.317 e. The molecule has 0 radical (unpaired) electrons. The third kappa shape index (κ3) is 4.31. The van der Waals surface area contributed by atoms with Crippen LogP contribution in [0.5, 0.6) is 11.5 Å². The average Bonchev–Trinajstić information content (AvgIpc) is 2.96. The maximum absolute atomic E-state index is 12.8. The standard InChI is InChI=1S/C26H32N4O2/c1-18-9-11-23-21(16-18)25(28-22-10-8-19(2)17-24(22)32-23)29-12-14-30(15-13-29)26(31)27-20-6-4-3-5-7-20/h8-11,16-17,20H,3-7,12-15H2,1-2H3,(H,27,31). The highest BCUT2D eigenvalue weighted by atomic mass is 16.5. The van der Waals surface area contributed by atoms with E-state index in [0.717, 1.165) is 60.1 Å². The molecule has 2 aromatic rings. The maximum atomic E-state index is 12.8. The molecular formula is C26H32N4O2. The number of aliphatic imine (C=N–C) groups is 1. The van der Waals surface area contributed by atoms with E-state index >= 15 is 0 Å². The molecule has 1 N–H and O–H groups in total. The lowest BCUT2D eigenvalue weighted by atomic mass is 9.96. The predicted molar refractivity (Wildman–Crippen MR) is 127 cm³/mol. The second-order valence-corrected chi connectivity index (χ2v) is 9.27. The number of benzene rings is 2. The molecule has 5 rings (SSSR count). The lowest BCUT2D eigenvalue weighted by molar-refractivity contribution is 0.164. The fourth-order valence-electron chi connectivity index (χ4n) is 4.87. The van der Waals surface area contributed by atoms with E-state index in [9.17, 15) is 4.79 Å². The highest BCUT2D eigenvalue weighted by molar-refractivity contribution is 6.04. The molecule has 2 aromatic carbocycles. The third-order valence-corrected chi connectivity index (χ3v) is 6.74. The van der Waals surface area contributed by atoms with E-state index in [1.54, 1.807) is 0 Å². The van der Waals surface area contributed by atoms with Crippen LogP contribution >= 0.6 is 0 Å². The Hall–Kier alpha value is -3.02. The summed E-state index contributed by atoms with van der Waals surface area (Å²) < 4.78 is 6.29. The van der Waals surface area contributed by atoms with Crippen LogP contribution in [0.25, 0.3) is 0 Å². The van der Waals surface area contributed by atoms with Crippen LogP contribution in [-0.2, 0) is 0 Å². The van der Waals surface area contributed by atoms with Crippen LogP contribution < -0.4 is 10.1 Å². The summed E-state index contributed by atoms with van der Waals surface area (Å²) >= 11 is 0. The molecule has 0 spiro atoms. The van der Waals surface area contributed by atoms with Gasteiger partial charge >= 0.3 is 6.03 Å². The van der Waals surface area contributed by atoms with Gasteiger partial charge in [0.15, 0.2) is 5.75 Å². The first-order valence-electron chi connectivity index (χ1n) is 11.9. The number of aryl methyl sites for hydroxylation is 2. The second-order valence-electron chi connectivity index (χ2n) is 9.27. The fourth-order valence-corrected chi connectivity index (χ4v) is 4.87. The molecule has 168 valence electrons. The zero-order chi connectivity index (χ0) is 22.1. The number of fused-ring (bicyclic) bond motifs is 2. The van der Waals surface area contributed by atoms with Crippen molar-refractivity contribution in [3.05, 3.63) is 53.1 Å². The van der Waals surface area contributed by atoms with Crippen molar-refractivity contribution in [2.45, 2.75) is 52.0 Å². The number of piperazine rings is 1. The number of urea groups is 1. The van der Waals surface area contributed by atoms with Crippen LogP contribution in [0.2, 0.25) is 0 Å². The summed E-state index contributed by atoms with van der Waals surface area (Å²) in [5.74, 6) is 2.55. The molecule has 0 aromatic heterocycles. The first kappa shape index (κ1) is 20.9. The van der Waals surface area contributed by atoms with Gasteiger partial charge < -0.3 is 19.9 Å². The van der Waals surface area contributed by atoms with Crippen molar-refractivity contribution in [1.29, 1.82) is 0 Å². The number of carbonyl (C=O) groups is 1. The number of ether oxygens (including phenoxy) is 1. The Morgan fingerprint density at radius 1 is 0.938 bits per heavy atom. The molecule has 32 heavy (non-hydrogen) atoms. The Morgan fingerprint density at radius 3 is 2.44 bits per heavy atom. The second kappa shape index (κ2) is 8.85. The quantitative estimate of drug-likeness (QED) is 0.678. The SMILES string of the molecule is Cc1ccc2c(c1)Oc1ccc(C)cc1C(N1CCN(C(=O)NC3CCCCC3)CC1)=N2. The number of rotatable bonds is 1. The van der Waals surface area contributed by atoms with Gasteiger partial charge in [0, 0.05) is 32.2 Å². The Kier molecular flexibility index (Phi) is 5.77. The van der Waals surface area contributed by atoms with Gasteiger partial charge in [0.2, 0.25) is 0 Å². The number of hydrogen-bond donors (Lipinski definition) is 1. The molecule has 1 saturated carbocycles. The minimum absolute atomic E-state index is 0.0831. The van der Waals surface area contributed by atoms with Gasteiger partial charge in [-0.05, 0) is 56.5 Å². The van der Waals surface area contributed by atoms with E-state index < -0.39 is 0 Å². The Labute approximate surface area is 190 Å². The van der Waals surface area contributed by atoms with E-state index in [0.29, 0.717) is 19.1 Å². The van der Waals surface area contributed by atoms with E-state index in [1.807, 2.05) is 23.1 Å².